The summed E-state index contributed by atoms with van der Waals surface area (Å²) < 4.78 is 28.3. The first kappa shape index (κ1) is 27.4. The van der Waals surface area contributed by atoms with Gasteiger partial charge in [0.05, 0.1) is 40.6 Å². The van der Waals surface area contributed by atoms with Crippen LogP contribution in [0.4, 0.5) is 0 Å². The summed E-state index contributed by atoms with van der Waals surface area (Å²) in [5.74, 6) is 2.13. The number of methoxy groups -OCH3 is 4. The molecule has 0 radical (unpaired) electrons. The maximum Gasteiger partial charge on any atom is 0.323 e. The van der Waals surface area contributed by atoms with Crippen molar-refractivity contribution in [2.24, 2.45) is 0 Å². The second-order valence-corrected chi connectivity index (χ2v) is 10.1. The van der Waals surface area contributed by atoms with E-state index in [0.717, 1.165) is 39.0 Å². The van der Waals surface area contributed by atoms with Crippen molar-refractivity contribution in [3.05, 3.63) is 83.0 Å². The lowest BCUT2D eigenvalue weighted by Crippen LogP contribution is -2.49. The van der Waals surface area contributed by atoms with Gasteiger partial charge in [0.25, 0.3) is 0 Å². The highest BCUT2D eigenvalue weighted by Crippen LogP contribution is 2.46. The highest BCUT2D eigenvalue weighted by molar-refractivity contribution is 5.87. The summed E-state index contributed by atoms with van der Waals surface area (Å²) in [6, 6.07) is 19.2. The van der Waals surface area contributed by atoms with Gasteiger partial charge in [0.15, 0.2) is 11.5 Å². The van der Waals surface area contributed by atoms with Crippen molar-refractivity contribution in [1.82, 2.24) is 9.88 Å². The van der Waals surface area contributed by atoms with E-state index in [4.69, 9.17) is 23.7 Å². The van der Waals surface area contributed by atoms with E-state index in [2.05, 4.69) is 22.0 Å². The molecule has 1 aromatic heterocycles. The van der Waals surface area contributed by atoms with E-state index in [1.807, 2.05) is 62.4 Å². The average Bonchev–Trinajstić information content (AvgIpc) is 3.34. The monoisotopic (exact) mass is 544 g/mol. The summed E-state index contributed by atoms with van der Waals surface area (Å²) >= 11 is 0. The van der Waals surface area contributed by atoms with E-state index in [1.54, 1.807) is 28.4 Å². The molecule has 0 unspecified atom stereocenters. The van der Waals surface area contributed by atoms with Crippen LogP contribution < -0.4 is 18.9 Å². The van der Waals surface area contributed by atoms with Gasteiger partial charge >= 0.3 is 5.97 Å². The fourth-order valence-corrected chi connectivity index (χ4v) is 5.62. The molecule has 3 aromatic carbocycles. The third kappa shape index (κ3) is 5.07. The molecule has 0 amide bonds. The molecule has 8 nitrogen and oxygen atoms in total. The van der Waals surface area contributed by atoms with Crippen LogP contribution >= 0.6 is 0 Å². The van der Waals surface area contributed by atoms with Crippen LogP contribution in [-0.2, 0) is 22.5 Å². The van der Waals surface area contributed by atoms with Gasteiger partial charge in [-0.15, -0.1) is 0 Å². The van der Waals surface area contributed by atoms with Gasteiger partial charge in [-0.05, 0) is 60.9 Å². The fraction of sp³-hybridized carbons (Fsp3) is 0.344. The SMILES string of the molecule is COc1ccc(CN2[C@H](c3cc(OC)c(OC)c(OC)c3)c3[nH]c4ccccc4c3C[C@H]2C(=O)OC(C)C)cc1. The minimum absolute atomic E-state index is 0.237. The van der Waals surface area contributed by atoms with Crippen LogP contribution in [0.5, 0.6) is 23.0 Å². The Bertz CT molecular complexity index is 1470. The quantitative estimate of drug-likeness (QED) is 0.272. The fourth-order valence-electron chi connectivity index (χ4n) is 5.62. The molecule has 0 bridgehead atoms. The number of H-pyrrole nitrogens is 1. The number of carbonyl (C=O) groups excluding carboxylic acids is 1. The second kappa shape index (κ2) is 11.5. The largest absolute Gasteiger partial charge is 0.497 e. The Morgan fingerprint density at radius 2 is 1.60 bits per heavy atom. The number of fused-ring (bicyclic) bond motifs is 3. The number of aromatic nitrogens is 1. The molecule has 210 valence electrons. The summed E-state index contributed by atoms with van der Waals surface area (Å²) in [6.45, 7) is 4.25. The molecular weight excluding hydrogens is 508 g/mol. The minimum atomic E-state index is -0.528. The molecule has 1 aliphatic heterocycles. The molecule has 8 heteroatoms. The van der Waals surface area contributed by atoms with Crippen molar-refractivity contribution in [3.63, 3.8) is 0 Å². The highest BCUT2D eigenvalue weighted by Gasteiger charge is 2.42. The molecule has 2 atom stereocenters. The molecular formula is C32H36N2O6. The number of benzene rings is 3. The molecule has 0 saturated carbocycles. The van der Waals surface area contributed by atoms with Crippen LogP contribution in [0, 0.1) is 0 Å². The first-order valence-corrected chi connectivity index (χ1v) is 13.4. The number of para-hydroxylation sites is 1. The molecule has 4 aromatic rings. The first-order valence-electron chi connectivity index (χ1n) is 13.4. The lowest BCUT2D eigenvalue weighted by molar-refractivity contribution is -0.155. The maximum atomic E-state index is 13.7. The van der Waals surface area contributed by atoms with Crippen LogP contribution in [0.3, 0.4) is 0 Å². The van der Waals surface area contributed by atoms with Gasteiger partial charge in [-0.25, -0.2) is 0 Å². The zero-order chi connectivity index (χ0) is 28.4. The lowest BCUT2D eigenvalue weighted by Gasteiger charge is -2.41. The van der Waals surface area contributed by atoms with E-state index in [0.29, 0.717) is 30.2 Å². The number of aromatic amines is 1. The first-order chi connectivity index (χ1) is 19.4. The van der Waals surface area contributed by atoms with Crippen molar-refractivity contribution in [2.75, 3.05) is 28.4 Å². The predicted octanol–water partition coefficient (Wildman–Crippen LogP) is 5.67. The zero-order valence-electron chi connectivity index (χ0n) is 23.8. The molecule has 0 fully saturated rings. The number of nitrogens with zero attached hydrogens (tertiary/aromatic N) is 1. The van der Waals surface area contributed by atoms with Crippen molar-refractivity contribution in [3.8, 4) is 23.0 Å². The normalized spacial score (nSPS) is 17.0. The molecule has 2 heterocycles. The highest BCUT2D eigenvalue weighted by atomic mass is 16.5. The predicted molar refractivity (Wildman–Crippen MR) is 153 cm³/mol. The molecule has 5 rings (SSSR count). The van der Waals surface area contributed by atoms with Gasteiger partial charge < -0.3 is 28.7 Å². The number of hydrogen-bond acceptors (Lipinski definition) is 7. The summed E-state index contributed by atoms with van der Waals surface area (Å²) in [6.07, 6.45) is 0.279. The van der Waals surface area contributed by atoms with E-state index < -0.39 is 6.04 Å². The number of rotatable bonds is 9. The third-order valence-corrected chi connectivity index (χ3v) is 7.40. The molecule has 0 saturated heterocycles. The summed E-state index contributed by atoms with van der Waals surface area (Å²) in [5.41, 5.74) is 5.09. The minimum Gasteiger partial charge on any atom is -0.497 e. The molecule has 0 aliphatic carbocycles. The van der Waals surface area contributed by atoms with Gasteiger partial charge in [0.1, 0.15) is 11.8 Å². The Morgan fingerprint density at radius 1 is 0.925 bits per heavy atom. The third-order valence-electron chi connectivity index (χ3n) is 7.40. The van der Waals surface area contributed by atoms with Crippen molar-refractivity contribution < 1.29 is 28.5 Å². The van der Waals surface area contributed by atoms with E-state index in [1.165, 1.54) is 0 Å². The average molecular weight is 545 g/mol. The van der Waals surface area contributed by atoms with Gasteiger partial charge in [-0.1, -0.05) is 30.3 Å². The van der Waals surface area contributed by atoms with Crippen LogP contribution in [0.15, 0.2) is 60.7 Å². The summed E-state index contributed by atoms with van der Waals surface area (Å²) in [5, 5.41) is 1.10. The van der Waals surface area contributed by atoms with Crippen molar-refractivity contribution in [2.45, 2.75) is 45.0 Å². The van der Waals surface area contributed by atoms with Gasteiger partial charge in [0, 0.05) is 29.6 Å². The topological polar surface area (TPSA) is 82.3 Å². The lowest BCUT2D eigenvalue weighted by atomic mass is 9.87. The molecule has 1 aliphatic rings. The van der Waals surface area contributed by atoms with Crippen molar-refractivity contribution >= 4 is 16.9 Å². The van der Waals surface area contributed by atoms with E-state index in [9.17, 15) is 4.79 Å². The van der Waals surface area contributed by atoms with Crippen LogP contribution in [-0.4, -0.2) is 56.4 Å². The smallest absolute Gasteiger partial charge is 0.323 e. The Hall–Kier alpha value is -4.17. The number of ether oxygens (including phenoxy) is 5. The number of nitrogens with one attached hydrogen (secondary N) is 1. The Kier molecular flexibility index (Phi) is 7.89. The Morgan fingerprint density at radius 3 is 2.20 bits per heavy atom. The number of carbonyl (C=O) groups is 1. The number of hydrogen-bond donors (Lipinski definition) is 1. The second-order valence-electron chi connectivity index (χ2n) is 10.1. The Balaban J connectivity index is 1.73. The van der Waals surface area contributed by atoms with E-state index >= 15 is 0 Å². The van der Waals surface area contributed by atoms with E-state index in [-0.39, 0.29) is 18.1 Å². The van der Waals surface area contributed by atoms with Gasteiger partial charge in [-0.2, -0.15) is 0 Å². The number of esters is 1. The standard InChI is InChI=1S/C32H36N2O6/c1-19(2)40-32(35)26-17-24-23-9-7-8-10-25(23)33-29(24)30(34(26)18-20-11-13-22(36-3)14-12-20)21-15-27(37-4)31(39-6)28(16-21)38-5/h7-16,19,26,30,33H,17-18H2,1-6H3/t26-,30+/m0/s1. The summed E-state index contributed by atoms with van der Waals surface area (Å²) in [4.78, 5) is 19.6. The van der Waals surface area contributed by atoms with Gasteiger partial charge in [0.2, 0.25) is 5.75 Å². The zero-order valence-corrected chi connectivity index (χ0v) is 23.8. The van der Waals surface area contributed by atoms with Crippen LogP contribution in [0.1, 0.15) is 42.3 Å². The van der Waals surface area contributed by atoms with Gasteiger partial charge in [-0.3, -0.25) is 9.69 Å². The van der Waals surface area contributed by atoms with Crippen molar-refractivity contribution in [1.29, 1.82) is 0 Å². The molecule has 1 N–H and O–H groups in total. The summed E-state index contributed by atoms with van der Waals surface area (Å²) in [7, 11) is 6.45. The molecule has 40 heavy (non-hydrogen) atoms. The molecule has 0 spiro atoms. The maximum absolute atomic E-state index is 13.7. The van der Waals surface area contributed by atoms with Crippen LogP contribution in [0.25, 0.3) is 10.9 Å². The Labute approximate surface area is 234 Å². The van der Waals surface area contributed by atoms with Crippen LogP contribution in [0.2, 0.25) is 0 Å².